The fourth-order valence-corrected chi connectivity index (χ4v) is 1.50. The molecule has 0 unspecified atom stereocenters. The van der Waals surface area contributed by atoms with E-state index in [-0.39, 0.29) is 5.69 Å². The second kappa shape index (κ2) is 5.79. The van der Waals surface area contributed by atoms with Crippen LogP contribution in [0.1, 0.15) is 16.2 Å². The number of pyridine rings is 2. The zero-order valence-electron chi connectivity index (χ0n) is 10.6. The average Bonchev–Trinajstić information content (AvgIpc) is 2.42. The molecule has 0 aliphatic heterocycles. The Balaban J connectivity index is 2.01. The molecule has 0 radical (unpaired) electrons. The van der Waals surface area contributed by atoms with Gasteiger partial charge in [-0.3, -0.25) is 4.98 Å². The molecule has 7 nitrogen and oxygen atoms in total. The van der Waals surface area contributed by atoms with E-state index in [1.165, 1.54) is 18.3 Å². The van der Waals surface area contributed by atoms with Crippen LogP contribution in [0.15, 0.2) is 36.7 Å². The Morgan fingerprint density at radius 1 is 1.15 bits per heavy atom. The van der Waals surface area contributed by atoms with Crippen LogP contribution in [0.3, 0.4) is 0 Å². The van der Waals surface area contributed by atoms with Crippen molar-refractivity contribution in [3.63, 3.8) is 0 Å². The van der Waals surface area contributed by atoms with Gasteiger partial charge in [0.2, 0.25) is 0 Å². The Hall–Kier alpha value is -2.96. The molecule has 3 N–H and O–H groups in total. The summed E-state index contributed by atoms with van der Waals surface area (Å²) in [6.07, 6.45) is 2.91. The smallest absolute Gasteiger partial charge is 0.354 e. The van der Waals surface area contributed by atoms with Gasteiger partial charge in [-0.05, 0) is 31.2 Å². The minimum atomic E-state index is -1.12. The van der Waals surface area contributed by atoms with E-state index in [1.807, 2.05) is 0 Å². The molecule has 0 saturated heterocycles. The molecule has 20 heavy (non-hydrogen) atoms. The molecule has 0 spiro atoms. The number of urea groups is 1. The van der Waals surface area contributed by atoms with E-state index in [1.54, 1.807) is 25.3 Å². The lowest BCUT2D eigenvalue weighted by Crippen LogP contribution is -2.20. The number of carbonyl (C=O) groups is 2. The first-order chi connectivity index (χ1) is 9.56. The number of hydrogen-bond acceptors (Lipinski definition) is 4. The number of nitrogens with zero attached hydrogens (tertiary/aromatic N) is 2. The lowest BCUT2D eigenvalue weighted by atomic mass is 10.3. The summed E-state index contributed by atoms with van der Waals surface area (Å²) >= 11 is 0. The quantitative estimate of drug-likeness (QED) is 0.793. The van der Waals surface area contributed by atoms with Crippen LogP contribution in [0, 0.1) is 6.92 Å². The van der Waals surface area contributed by atoms with Crippen LogP contribution in [-0.4, -0.2) is 27.1 Å². The lowest BCUT2D eigenvalue weighted by Gasteiger charge is -2.08. The summed E-state index contributed by atoms with van der Waals surface area (Å²) in [4.78, 5) is 30.2. The molecule has 0 aromatic carbocycles. The van der Waals surface area contributed by atoms with Crippen molar-refractivity contribution >= 4 is 23.4 Å². The van der Waals surface area contributed by atoms with Gasteiger partial charge in [0.25, 0.3) is 0 Å². The first kappa shape index (κ1) is 13.5. The van der Waals surface area contributed by atoms with Crippen molar-refractivity contribution in [2.75, 3.05) is 10.6 Å². The predicted molar refractivity (Wildman–Crippen MR) is 72.8 cm³/mol. The molecule has 2 aromatic heterocycles. The number of aromatic carboxylic acids is 1. The molecule has 2 heterocycles. The monoisotopic (exact) mass is 272 g/mol. The molecule has 102 valence electrons. The molecule has 7 heteroatoms. The molecule has 2 amide bonds. The van der Waals surface area contributed by atoms with Crippen LogP contribution in [0.25, 0.3) is 0 Å². The number of aryl methyl sites for hydroxylation is 1. The number of amides is 2. The number of carbonyl (C=O) groups excluding carboxylic acids is 1. The number of carboxylic acid groups (broad SMARTS) is 1. The number of nitrogens with one attached hydrogen (secondary N) is 2. The van der Waals surface area contributed by atoms with Crippen molar-refractivity contribution in [1.82, 2.24) is 9.97 Å². The predicted octanol–water partition coefficient (Wildman–Crippen LogP) is 2.13. The number of anilines is 2. The minimum Gasteiger partial charge on any atom is -0.477 e. The number of hydrogen-bond donors (Lipinski definition) is 3. The highest BCUT2D eigenvalue weighted by atomic mass is 16.4. The van der Waals surface area contributed by atoms with E-state index in [4.69, 9.17) is 5.11 Å². The van der Waals surface area contributed by atoms with Gasteiger partial charge in [-0.25, -0.2) is 14.6 Å². The van der Waals surface area contributed by atoms with Crippen molar-refractivity contribution < 1.29 is 14.7 Å². The van der Waals surface area contributed by atoms with Gasteiger partial charge in [-0.15, -0.1) is 0 Å². The Labute approximate surface area is 114 Å². The number of aromatic nitrogens is 2. The summed E-state index contributed by atoms with van der Waals surface area (Å²) in [6, 6.07) is 5.77. The van der Waals surface area contributed by atoms with E-state index in [0.29, 0.717) is 17.1 Å². The Kier molecular flexibility index (Phi) is 3.90. The first-order valence-electron chi connectivity index (χ1n) is 5.75. The molecule has 0 saturated carbocycles. The summed E-state index contributed by atoms with van der Waals surface area (Å²) in [7, 11) is 0. The average molecular weight is 272 g/mol. The maximum Gasteiger partial charge on any atom is 0.354 e. The van der Waals surface area contributed by atoms with Crippen LogP contribution in [0.5, 0.6) is 0 Å². The summed E-state index contributed by atoms with van der Waals surface area (Å²) in [5, 5.41) is 13.9. The SMILES string of the molecule is Cc1ncccc1NC(=O)Nc1ccc(C(=O)O)nc1. The van der Waals surface area contributed by atoms with E-state index in [9.17, 15) is 9.59 Å². The molecule has 0 fully saturated rings. The van der Waals surface area contributed by atoms with Crippen molar-refractivity contribution in [3.8, 4) is 0 Å². The van der Waals surface area contributed by atoms with Crippen molar-refractivity contribution in [3.05, 3.63) is 48.0 Å². The Bertz CT molecular complexity index is 640. The minimum absolute atomic E-state index is 0.0842. The van der Waals surface area contributed by atoms with Crippen LogP contribution in [-0.2, 0) is 0 Å². The summed E-state index contributed by atoms with van der Waals surface area (Å²) < 4.78 is 0. The highest BCUT2D eigenvalue weighted by Crippen LogP contribution is 2.12. The third kappa shape index (κ3) is 3.29. The van der Waals surface area contributed by atoms with Crippen molar-refractivity contribution in [2.24, 2.45) is 0 Å². The topological polar surface area (TPSA) is 104 Å². The van der Waals surface area contributed by atoms with Gasteiger partial charge in [0, 0.05) is 6.20 Å². The van der Waals surface area contributed by atoms with Gasteiger partial charge < -0.3 is 15.7 Å². The van der Waals surface area contributed by atoms with Gasteiger partial charge >= 0.3 is 12.0 Å². The van der Waals surface area contributed by atoms with Gasteiger partial charge in [-0.1, -0.05) is 0 Å². The molecular formula is C13H12N4O3. The first-order valence-corrected chi connectivity index (χ1v) is 5.75. The maximum atomic E-state index is 11.8. The summed E-state index contributed by atoms with van der Waals surface area (Å²) in [5.41, 5.74) is 1.61. The molecule has 2 rings (SSSR count). The molecular weight excluding hydrogens is 260 g/mol. The van der Waals surface area contributed by atoms with Gasteiger partial charge in [0.05, 0.1) is 23.3 Å². The third-order valence-electron chi connectivity index (χ3n) is 2.50. The number of carboxylic acids is 1. The lowest BCUT2D eigenvalue weighted by molar-refractivity contribution is 0.0690. The van der Waals surface area contributed by atoms with E-state index < -0.39 is 12.0 Å². The largest absolute Gasteiger partial charge is 0.477 e. The fourth-order valence-electron chi connectivity index (χ4n) is 1.50. The highest BCUT2D eigenvalue weighted by Gasteiger charge is 2.07. The van der Waals surface area contributed by atoms with Gasteiger partial charge in [-0.2, -0.15) is 0 Å². The van der Waals surface area contributed by atoms with Crippen molar-refractivity contribution in [1.29, 1.82) is 0 Å². The second-order valence-corrected chi connectivity index (χ2v) is 3.95. The highest BCUT2D eigenvalue weighted by molar-refractivity contribution is 6.00. The van der Waals surface area contributed by atoms with E-state index in [0.717, 1.165) is 0 Å². The third-order valence-corrected chi connectivity index (χ3v) is 2.50. The zero-order chi connectivity index (χ0) is 14.5. The van der Waals surface area contributed by atoms with E-state index in [2.05, 4.69) is 20.6 Å². The van der Waals surface area contributed by atoms with Gasteiger partial charge in [0.1, 0.15) is 5.69 Å². The molecule has 0 bridgehead atoms. The molecule has 0 atom stereocenters. The maximum absolute atomic E-state index is 11.8. The Morgan fingerprint density at radius 2 is 1.95 bits per heavy atom. The normalized spacial score (nSPS) is 9.85. The van der Waals surface area contributed by atoms with Crippen LogP contribution in [0.4, 0.5) is 16.2 Å². The molecule has 2 aromatic rings. The second-order valence-electron chi connectivity index (χ2n) is 3.95. The van der Waals surface area contributed by atoms with Crippen LogP contribution in [0.2, 0.25) is 0 Å². The molecule has 0 aliphatic carbocycles. The fraction of sp³-hybridized carbons (Fsp3) is 0.0769. The number of rotatable bonds is 3. The summed E-state index contributed by atoms with van der Waals surface area (Å²) in [5.74, 6) is -1.12. The van der Waals surface area contributed by atoms with E-state index >= 15 is 0 Å². The van der Waals surface area contributed by atoms with Crippen LogP contribution >= 0.6 is 0 Å². The van der Waals surface area contributed by atoms with Crippen LogP contribution < -0.4 is 10.6 Å². The standard InChI is InChI=1S/C13H12N4O3/c1-8-10(3-2-6-14-8)17-13(20)16-9-4-5-11(12(18)19)15-7-9/h2-7H,1H3,(H,18,19)(H2,16,17,20). The van der Waals surface area contributed by atoms with Crippen molar-refractivity contribution in [2.45, 2.75) is 6.92 Å². The summed E-state index contributed by atoms with van der Waals surface area (Å²) in [6.45, 7) is 1.78. The van der Waals surface area contributed by atoms with Gasteiger partial charge in [0.15, 0.2) is 0 Å². The Morgan fingerprint density at radius 3 is 2.55 bits per heavy atom. The molecule has 0 aliphatic rings. The zero-order valence-corrected chi connectivity index (χ0v) is 10.6.